The lowest BCUT2D eigenvalue weighted by atomic mass is 9.90. The zero-order valence-electron chi connectivity index (χ0n) is 12.7. The van der Waals surface area contributed by atoms with Gasteiger partial charge in [0.1, 0.15) is 24.5 Å². The van der Waals surface area contributed by atoms with Crippen molar-refractivity contribution < 1.29 is 19.4 Å². The second-order valence-electron chi connectivity index (χ2n) is 5.70. The fraction of sp³-hybridized carbons (Fsp3) is 0.278. The van der Waals surface area contributed by atoms with Crippen LogP contribution in [-0.2, 0) is 17.8 Å². The average molecular weight is 313 g/mol. The summed E-state index contributed by atoms with van der Waals surface area (Å²) in [4.78, 5) is 12.1. The Balaban J connectivity index is 1.62. The molecule has 0 saturated carbocycles. The van der Waals surface area contributed by atoms with Gasteiger partial charge in [0.05, 0.1) is 6.61 Å². The topological polar surface area (TPSA) is 67.8 Å². The third-order valence-corrected chi connectivity index (χ3v) is 3.89. The summed E-state index contributed by atoms with van der Waals surface area (Å²) in [5, 5.41) is 12.5. The van der Waals surface area contributed by atoms with Gasteiger partial charge in [0, 0.05) is 6.42 Å². The van der Waals surface area contributed by atoms with Crippen molar-refractivity contribution in [3.63, 3.8) is 0 Å². The number of ether oxygens (including phenoxy) is 2. The largest absolute Gasteiger partial charge is 0.491 e. The molecule has 1 amide bonds. The molecule has 0 aromatic heterocycles. The second-order valence-corrected chi connectivity index (χ2v) is 5.70. The minimum atomic E-state index is -0.859. The van der Waals surface area contributed by atoms with Gasteiger partial charge in [-0.1, -0.05) is 48.5 Å². The highest BCUT2D eigenvalue weighted by molar-refractivity contribution is 5.68. The Morgan fingerprint density at radius 2 is 1.91 bits per heavy atom. The molecular formula is C18H19NO4. The monoisotopic (exact) mass is 313 g/mol. The van der Waals surface area contributed by atoms with Crippen LogP contribution in [-0.4, -0.2) is 30.0 Å². The summed E-state index contributed by atoms with van der Waals surface area (Å²) in [7, 11) is 0. The number of aliphatic hydroxyl groups is 1. The van der Waals surface area contributed by atoms with Crippen molar-refractivity contribution in [2.45, 2.75) is 18.6 Å². The van der Waals surface area contributed by atoms with Gasteiger partial charge in [0.25, 0.3) is 0 Å². The maximum Gasteiger partial charge on any atom is 0.408 e. The molecule has 0 fully saturated rings. The van der Waals surface area contributed by atoms with Crippen molar-refractivity contribution in [3.8, 4) is 5.75 Å². The van der Waals surface area contributed by atoms with E-state index in [9.17, 15) is 9.90 Å². The Labute approximate surface area is 134 Å². The average Bonchev–Trinajstić information content (AvgIpc) is 2.61. The van der Waals surface area contributed by atoms with Crippen LogP contribution in [0.1, 0.15) is 11.1 Å². The van der Waals surface area contributed by atoms with Crippen LogP contribution in [0.3, 0.4) is 0 Å². The van der Waals surface area contributed by atoms with Crippen LogP contribution in [0.4, 0.5) is 4.79 Å². The summed E-state index contributed by atoms with van der Waals surface area (Å²) in [5.41, 5.74) is 1.00. The van der Waals surface area contributed by atoms with Crippen molar-refractivity contribution in [1.82, 2.24) is 5.32 Å². The number of nitrogens with one attached hydrogen (secondary N) is 1. The predicted molar refractivity (Wildman–Crippen MR) is 85.2 cm³/mol. The molecule has 5 heteroatoms. The summed E-state index contributed by atoms with van der Waals surface area (Å²) < 4.78 is 10.9. The molecule has 2 aromatic carbocycles. The van der Waals surface area contributed by atoms with E-state index in [4.69, 9.17) is 9.47 Å². The van der Waals surface area contributed by atoms with Gasteiger partial charge in [-0.25, -0.2) is 4.79 Å². The number of hydrogen-bond donors (Lipinski definition) is 2. The lowest BCUT2D eigenvalue weighted by molar-refractivity contribution is 0.0701. The van der Waals surface area contributed by atoms with Crippen LogP contribution < -0.4 is 10.1 Å². The molecular weight excluding hydrogens is 294 g/mol. The molecule has 2 aromatic rings. The van der Waals surface area contributed by atoms with E-state index in [-0.39, 0.29) is 19.8 Å². The number of para-hydroxylation sites is 1. The smallest absolute Gasteiger partial charge is 0.408 e. The number of fused-ring (bicyclic) bond motifs is 1. The van der Waals surface area contributed by atoms with Crippen molar-refractivity contribution in [2.24, 2.45) is 0 Å². The molecule has 23 heavy (non-hydrogen) atoms. The van der Waals surface area contributed by atoms with E-state index < -0.39 is 11.6 Å². The number of rotatable bonds is 4. The zero-order valence-corrected chi connectivity index (χ0v) is 12.7. The van der Waals surface area contributed by atoms with Gasteiger partial charge >= 0.3 is 6.09 Å². The summed E-state index contributed by atoms with van der Waals surface area (Å²) >= 11 is 0. The maximum atomic E-state index is 12.1. The molecule has 1 aliphatic heterocycles. The molecule has 2 N–H and O–H groups in total. The van der Waals surface area contributed by atoms with E-state index in [0.717, 1.165) is 16.9 Å². The van der Waals surface area contributed by atoms with Crippen LogP contribution in [0.15, 0.2) is 54.6 Å². The lowest BCUT2D eigenvalue weighted by Gasteiger charge is -2.36. The van der Waals surface area contributed by atoms with Gasteiger partial charge in [0.15, 0.2) is 0 Å². The van der Waals surface area contributed by atoms with Crippen molar-refractivity contribution in [1.29, 1.82) is 0 Å². The quantitative estimate of drug-likeness (QED) is 0.909. The molecule has 0 radical (unpaired) electrons. The number of alkyl carbamates (subject to hydrolysis) is 1. The van der Waals surface area contributed by atoms with Gasteiger partial charge in [-0.05, 0) is 17.2 Å². The first-order valence-electron chi connectivity index (χ1n) is 7.51. The van der Waals surface area contributed by atoms with Crippen molar-refractivity contribution in [2.75, 3.05) is 13.2 Å². The van der Waals surface area contributed by atoms with Gasteiger partial charge in [-0.3, -0.25) is 0 Å². The Morgan fingerprint density at radius 1 is 1.17 bits per heavy atom. The molecule has 0 saturated heterocycles. The Morgan fingerprint density at radius 3 is 2.70 bits per heavy atom. The number of aliphatic hydroxyl groups excluding tert-OH is 1. The molecule has 5 nitrogen and oxygen atoms in total. The molecule has 1 aliphatic rings. The number of carbonyl (C=O) groups is 1. The van der Waals surface area contributed by atoms with Gasteiger partial charge in [-0.15, -0.1) is 0 Å². The molecule has 0 aliphatic carbocycles. The Hall–Kier alpha value is -2.53. The summed E-state index contributed by atoms with van der Waals surface area (Å²) in [5.74, 6) is 0.788. The van der Waals surface area contributed by atoms with Gasteiger partial charge < -0.3 is 19.9 Å². The highest BCUT2D eigenvalue weighted by Crippen LogP contribution is 2.29. The Kier molecular flexibility index (Phi) is 4.48. The van der Waals surface area contributed by atoms with E-state index in [1.165, 1.54) is 0 Å². The normalized spacial score (nSPS) is 19.3. The molecule has 0 spiro atoms. The highest BCUT2D eigenvalue weighted by Gasteiger charge is 2.37. The van der Waals surface area contributed by atoms with E-state index in [1.807, 2.05) is 54.6 Å². The van der Waals surface area contributed by atoms with Crippen LogP contribution >= 0.6 is 0 Å². The third-order valence-electron chi connectivity index (χ3n) is 3.89. The summed E-state index contributed by atoms with van der Waals surface area (Å²) in [6.45, 7) is 0.175. The molecule has 1 atom stereocenters. The highest BCUT2D eigenvalue weighted by atomic mass is 16.5. The summed E-state index contributed by atoms with van der Waals surface area (Å²) in [6.07, 6.45) is -0.0639. The molecule has 1 heterocycles. The summed E-state index contributed by atoms with van der Waals surface area (Å²) in [6, 6.07) is 17.1. The number of amides is 1. The minimum absolute atomic E-state index is 0.186. The van der Waals surface area contributed by atoms with Crippen molar-refractivity contribution in [3.05, 3.63) is 65.7 Å². The molecule has 3 rings (SSSR count). The molecule has 1 unspecified atom stereocenters. The third kappa shape index (κ3) is 3.63. The fourth-order valence-electron chi connectivity index (χ4n) is 2.62. The predicted octanol–water partition coefficient (Wildman–Crippen LogP) is 2.28. The zero-order chi connectivity index (χ0) is 16.1. The van der Waals surface area contributed by atoms with E-state index in [0.29, 0.717) is 6.42 Å². The molecule has 120 valence electrons. The Bertz CT molecular complexity index is 674. The number of carbonyl (C=O) groups excluding carboxylic acids is 1. The first-order valence-corrected chi connectivity index (χ1v) is 7.51. The van der Waals surface area contributed by atoms with Crippen LogP contribution in [0.5, 0.6) is 5.75 Å². The van der Waals surface area contributed by atoms with Gasteiger partial charge in [-0.2, -0.15) is 0 Å². The SMILES string of the molecule is O=C(NC1(CO)COc2ccccc2C1)OCc1ccccc1. The standard InChI is InChI=1S/C18H19NO4/c20-12-18(10-15-8-4-5-9-16(15)23-13-18)19-17(21)22-11-14-6-2-1-3-7-14/h1-9,20H,10-13H2,(H,19,21). The lowest BCUT2D eigenvalue weighted by Crippen LogP contribution is -2.58. The first-order chi connectivity index (χ1) is 11.2. The van der Waals surface area contributed by atoms with E-state index >= 15 is 0 Å². The number of hydrogen-bond acceptors (Lipinski definition) is 4. The van der Waals surface area contributed by atoms with E-state index in [2.05, 4.69) is 5.32 Å². The maximum absolute atomic E-state index is 12.1. The van der Waals surface area contributed by atoms with Crippen LogP contribution in [0.2, 0.25) is 0 Å². The molecule has 0 bridgehead atoms. The second kappa shape index (κ2) is 6.71. The van der Waals surface area contributed by atoms with Crippen molar-refractivity contribution >= 4 is 6.09 Å². The minimum Gasteiger partial charge on any atom is -0.491 e. The van der Waals surface area contributed by atoms with Crippen LogP contribution in [0, 0.1) is 0 Å². The fourth-order valence-corrected chi connectivity index (χ4v) is 2.62. The first kappa shape index (κ1) is 15.4. The van der Waals surface area contributed by atoms with Crippen LogP contribution in [0.25, 0.3) is 0 Å². The number of benzene rings is 2. The van der Waals surface area contributed by atoms with Gasteiger partial charge in [0.2, 0.25) is 0 Å². The van der Waals surface area contributed by atoms with E-state index in [1.54, 1.807) is 0 Å².